The van der Waals surface area contributed by atoms with Gasteiger partial charge in [-0.15, -0.1) is 0 Å². The van der Waals surface area contributed by atoms with Gasteiger partial charge in [-0.05, 0) is 25.7 Å². The van der Waals surface area contributed by atoms with E-state index in [1.165, 1.54) is 180 Å². The summed E-state index contributed by atoms with van der Waals surface area (Å²) in [4.78, 5) is 72.3. The standard InChI is InChI=1S/C69H134O17P2/c1-5-9-13-17-21-24-27-29-30-31-32-34-37-40-44-48-52-56-69(74)86-65(60-80-67(72)54-50-46-42-38-36-33-28-25-22-18-14-10-6-2)62-84-88(77,78)82-58-63(70)57-81-87(75,76)83-61-64(59-79-66(71)53-49-45-41-20-16-12-8-4)85-68(73)55-51-47-43-39-35-26-23-19-15-11-7-3/h63-65,70H,5-62H2,1-4H3,(H,75,76)(H,77,78)/t63-,64+,65+/m0/s1. The van der Waals surface area contributed by atoms with Crippen LogP contribution in [0.2, 0.25) is 0 Å². The summed E-state index contributed by atoms with van der Waals surface area (Å²) in [6.45, 7) is 4.90. The van der Waals surface area contributed by atoms with Crippen LogP contribution in [0, 0.1) is 0 Å². The van der Waals surface area contributed by atoms with Gasteiger partial charge in [0.15, 0.2) is 12.2 Å². The normalized spacial score (nSPS) is 14.0. The van der Waals surface area contributed by atoms with Crippen LogP contribution in [-0.4, -0.2) is 96.7 Å². The Bertz CT molecular complexity index is 1690. The van der Waals surface area contributed by atoms with Crippen LogP contribution in [0.3, 0.4) is 0 Å². The number of esters is 4. The number of hydrogen-bond donors (Lipinski definition) is 3. The lowest BCUT2D eigenvalue weighted by Crippen LogP contribution is -2.30. The molecule has 5 atom stereocenters. The first-order chi connectivity index (χ1) is 42.7. The molecule has 0 amide bonds. The van der Waals surface area contributed by atoms with E-state index in [9.17, 15) is 43.2 Å². The molecule has 0 aliphatic carbocycles. The molecular weight excluding hydrogens is 1160 g/mol. The molecule has 0 aromatic heterocycles. The number of carbonyl (C=O) groups is 4. The number of carbonyl (C=O) groups excluding carboxylic acids is 4. The van der Waals surface area contributed by atoms with E-state index in [0.29, 0.717) is 25.7 Å². The molecule has 0 aliphatic rings. The van der Waals surface area contributed by atoms with E-state index in [4.69, 9.17) is 37.0 Å². The molecule has 0 aliphatic heterocycles. The van der Waals surface area contributed by atoms with E-state index in [1.54, 1.807) is 0 Å². The van der Waals surface area contributed by atoms with Crippen LogP contribution < -0.4 is 0 Å². The zero-order chi connectivity index (χ0) is 64.7. The molecule has 0 heterocycles. The van der Waals surface area contributed by atoms with Crippen LogP contribution >= 0.6 is 15.6 Å². The van der Waals surface area contributed by atoms with Gasteiger partial charge in [-0.2, -0.15) is 0 Å². The number of phosphoric acid groups is 2. The molecule has 3 N–H and O–H groups in total. The van der Waals surface area contributed by atoms with Crippen molar-refractivity contribution in [3.8, 4) is 0 Å². The third-order valence-corrected chi connectivity index (χ3v) is 18.0. The summed E-state index contributed by atoms with van der Waals surface area (Å²) in [5, 5.41) is 10.6. The van der Waals surface area contributed by atoms with E-state index < -0.39 is 97.5 Å². The zero-order valence-electron chi connectivity index (χ0n) is 56.7. The van der Waals surface area contributed by atoms with Gasteiger partial charge < -0.3 is 33.8 Å². The van der Waals surface area contributed by atoms with Crippen LogP contribution in [0.4, 0.5) is 0 Å². The molecule has 522 valence electrons. The predicted octanol–water partition coefficient (Wildman–Crippen LogP) is 19.9. The Balaban J connectivity index is 5.19. The summed E-state index contributed by atoms with van der Waals surface area (Å²) >= 11 is 0. The molecule has 19 heteroatoms. The van der Waals surface area contributed by atoms with Crippen molar-refractivity contribution in [1.82, 2.24) is 0 Å². The molecule has 0 saturated heterocycles. The fourth-order valence-corrected chi connectivity index (χ4v) is 12.1. The van der Waals surface area contributed by atoms with Crippen LogP contribution in [0.5, 0.6) is 0 Å². The summed E-state index contributed by atoms with van der Waals surface area (Å²) in [5.41, 5.74) is 0. The molecule has 88 heavy (non-hydrogen) atoms. The number of aliphatic hydroxyl groups excluding tert-OH is 1. The van der Waals surface area contributed by atoms with Crippen molar-refractivity contribution in [3.05, 3.63) is 0 Å². The van der Waals surface area contributed by atoms with Gasteiger partial charge >= 0.3 is 39.5 Å². The minimum atomic E-state index is -4.95. The number of rotatable bonds is 70. The highest BCUT2D eigenvalue weighted by Crippen LogP contribution is 2.45. The van der Waals surface area contributed by atoms with Gasteiger partial charge in [-0.1, -0.05) is 310 Å². The summed E-state index contributed by atoms with van der Waals surface area (Å²) < 4.78 is 68.1. The van der Waals surface area contributed by atoms with E-state index >= 15 is 0 Å². The van der Waals surface area contributed by atoms with Gasteiger partial charge in [0.2, 0.25) is 0 Å². The van der Waals surface area contributed by atoms with Crippen molar-refractivity contribution < 1.29 is 80.2 Å². The molecule has 0 aromatic carbocycles. The Kier molecular flexibility index (Phi) is 62.4. The SMILES string of the molecule is CCCCCCCCCCCCCCCCCCCC(=O)O[C@H](COC(=O)CCCCCCCCCCCCCCC)COP(=O)(O)OC[C@@H](O)COP(=O)(O)OC[C@@H](COC(=O)CCCCCCCCC)OC(=O)CCCCCCCCCCCCC. The van der Waals surface area contributed by atoms with Crippen molar-refractivity contribution >= 4 is 39.5 Å². The summed E-state index contributed by atoms with van der Waals surface area (Å²) in [7, 11) is -9.89. The highest BCUT2D eigenvalue weighted by atomic mass is 31.2. The Hall–Kier alpha value is -1.94. The topological polar surface area (TPSA) is 237 Å². The van der Waals surface area contributed by atoms with Crippen LogP contribution in [0.15, 0.2) is 0 Å². The van der Waals surface area contributed by atoms with Gasteiger partial charge in [-0.25, -0.2) is 9.13 Å². The third-order valence-electron chi connectivity index (χ3n) is 16.1. The second-order valence-corrected chi connectivity index (χ2v) is 27.8. The fourth-order valence-electron chi connectivity index (χ4n) is 10.5. The first kappa shape index (κ1) is 86.1. The first-order valence-corrected chi connectivity index (χ1v) is 39.3. The molecule has 0 rings (SSSR count). The van der Waals surface area contributed by atoms with E-state index in [1.807, 2.05) is 0 Å². The van der Waals surface area contributed by atoms with E-state index in [-0.39, 0.29) is 25.7 Å². The molecule has 0 bridgehead atoms. The maximum absolute atomic E-state index is 13.0. The van der Waals surface area contributed by atoms with E-state index in [2.05, 4.69) is 27.7 Å². The van der Waals surface area contributed by atoms with Crippen molar-refractivity contribution in [1.29, 1.82) is 0 Å². The van der Waals surface area contributed by atoms with Gasteiger partial charge in [0.05, 0.1) is 26.4 Å². The van der Waals surface area contributed by atoms with Crippen LogP contribution in [0.1, 0.15) is 362 Å². The molecule has 0 saturated carbocycles. The Morgan fingerprint density at radius 3 is 0.670 bits per heavy atom. The molecule has 0 spiro atoms. The van der Waals surface area contributed by atoms with Gasteiger partial charge in [0, 0.05) is 25.7 Å². The van der Waals surface area contributed by atoms with Crippen LogP contribution in [-0.2, 0) is 65.4 Å². The minimum absolute atomic E-state index is 0.107. The van der Waals surface area contributed by atoms with Gasteiger partial charge in [0.25, 0.3) is 0 Å². The average molecular weight is 1300 g/mol. The molecule has 0 fully saturated rings. The Morgan fingerprint density at radius 2 is 0.455 bits per heavy atom. The predicted molar refractivity (Wildman–Crippen MR) is 354 cm³/mol. The maximum atomic E-state index is 13.0. The lowest BCUT2D eigenvalue weighted by atomic mass is 10.0. The summed E-state index contributed by atoms with van der Waals surface area (Å²) in [6, 6.07) is 0. The number of aliphatic hydroxyl groups is 1. The molecule has 0 radical (unpaired) electrons. The zero-order valence-corrected chi connectivity index (χ0v) is 58.5. The highest BCUT2D eigenvalue weighted by molar-refractivity contribution is 7.47. The first-order valence-electron chi connectivity index (χ1n) is 36.3. The highest BCUT2D eigenvalue weighted by Gasteiger charge is 2.30. The Morgan fingerprint density at radius 1 is 0.273 bits per heavy atom. The quantitative estimate of drug-likeness (QED) is 0.0222. The monoisotopic (exact) mass is 1300 g/mol. The van der Waals surface area contributed by atoms with Crippen LogP contribution in [0.25, 0.3) is 0 Å². The number of unbranched alkanes of at least 4 members (excludes halogenated alkanes) is 44. The lowest BCUT2D eigenvalue weighted by molar-refractivity contribution is -0.161. The second kappa shape index (κ2) is 63.8. The van der Waals surface area contributed by atoms with Crippen molar-refractivity contribution in [2.45, 2.75) is 380 Å². The lowest BCUT2D eigenvalue weighted by Gasteiger charge is -2.21. The second-order valence-electron chi connectivity index (χ2n) is 24.9. The van der Waals surface area contributed by atoms with Gasteiger partial charge in [-0.3, -0.25) is 37.3 Å². The third kappa shape index (κ3) is 62.8. The number of phosphoric ester groups is 2. The summed E-state index contributed by atoms with van der Waals surface area (Å²) in [6.07, 6.45) is 51.3. The maximum Gasteiger partial charge on any atom is 0.472 e. The van der Waals surface area contributed by atoms with Gasteiger partial charge in [0.1, 0.15) is 19.3 Å². The molecule has 2 unspecified atom stereocenters. The van der Waals surface area contributed by atoms with Crippen molar-refractivity contribution in [2.24, 2.45) is 0 Å². The summed E-state index contributed by atoms with van der Waals surface area (Å²) in [5.74, 6) is -2.13. The number of ether oxygens (including phenoxy) is 4. The minimum Gasteiger partial charge on any atom is -0.462 e. The molecule has 17 nitrogen and oxygen atoms in total. The molecule has 0 aromatic rings. The number of hydrogen-bond acceptors (Lipinski definition) is 15. The van der Waals surface area contributed by atoms with Crippen molar-refractivity contribution in [2.75, 3.05) is 39.6 Å². The van der Waals surface area contributed by atoms with E-state index in [0.717, 1.165) is 103 Å². The fraction of sp³-hybridized carbons (Fsp3) is 0.942. The average Bonchev–Trinajstić information content (AvgIpc) is 3.55. The smallest absolute Gasteiger partial charge is 0.462 e. The largest absolute Gasteiger partial charge is 0.472 e. The Labute approximate surface area is 537 Å². The molecular formula is C69H134O17P2. The van der Waals surface area contributed by atoms with Crippen molar-refractivity contribution in [3.63, 3.8) is 0 Å².